The summed E-state index contributed by atoms with van der Waals surface area (Å²) in [4.78, 5) is 12.2. The van der Waals surface area contributed by atoms with Crippen LogP contribution < -0.4 is 5.32 Å². The molecule has 106 valence electrons. The summed E-state index contributed by atoms with van der Waals surface area (Å²) in [5.41, 5.74) is 2.36. The number of aryl methyl sites for hydroxylation is 2. The molecule has 1 unspecified atom stereocenters. The van der Waals surface area contributed by atoms with Gasteiger partial charge in [-0.15, -0.1) is 0 Å². The highest BCUT2D eigenvalue weighted by Crippen LogP contribution is 2.27. The molecule has 0 saturated heterocycles. The average Bonchev–Trinajstić information content (AvgIpc) is 3.02. The molecular weight excluding hydrogens is 256 g/mol. The highest BCUT2D eigenvalue weighted by atomic mass is 16.5. The van der Waals surface area contributed by atoms with Crippen molar-refractivity contribution in [3.8, 4) is 0 Å². The van der Waals surface area contributed by atoms with Crippen molar-refractivity contribution >= 4 is 5.91 Å². The molecule has 20 heavy (non-hydrogen) atoms. The van der Waals surface area contributed by atoms with Crippen molar-refractivity contribution in [2.24, 2.45) is 13.0 Å². The first-order valence-electron chi connectivity index (χ1n) is 6.87. The lowest BCUT2D eigenvalue weighted by molar-refractivity contribution is 0.0940. The van der Waals surface area contributed by atoms with Crippen LogP contribution in [0.15, 0.2) is 16.8 Å². The van der Waals surface area contributed by atoms with E-state index < -0.39 is 0 Å². The predicted octanol–water partition coefficient (Wildman–Crippen LogP) is 1.46. The second-order valence-corrected chi connectivity index (χ2v) is 5.41. The first kappa shape index (κ1) is 12.9. The predicted molar refractivity (Wildman–Crippen MR) is 72.1 cm³/mol. The monoisotopic (exact) mass is 274 g/mol. The number of nitrogens with one attached hydrogen (secondary N) is 1. The maximum absolute atomic E-state index is 12.2. The third-order valence-corrected chi connectivity index (χ3v) is 3.85. The molecule has 1 aliphatic rings. The summed E-state index contributed by atoms with van der Waals surface area (Å²) in [6.07, 6.45) is 4.55. The van der Waals surface area contributed by atoms with Gasteiger partial charge in [0.05, 0.1) is 12.2 Å². The van der Waals surface area contributed by atoms with E-state index in [4.69, 9.17) is 4.52 Å². The Kier molecular flexibility index (Phi) is 3.30. The van der Waals surface area contributed by atoms with Gasteiger partial charge in [-0.05, 0) is 24.8 Å². The van der Waals surface area contributed by atoms with E-state index in [9.17, 15) is 4.79 Å². The number of hydrogen-bond donors (Lipinski definition) is 1. The fourth-order valence-electron chi connectivity index (χ4n) is 2.59. The Hall–Kier alpha value is -2.11. The normalized spacial score (nSPS) is 17.8. The van der Waals surface area contributed by atoms with Crippen molar-refractivity contribution in [1.82, 2.24) is 20.3 Å². The van der Waals surface area contributed by atoms with Gasteiger partial charge in [-0.25, -0.2) is 0 Å². The van der Waals surface area contributed by atoms with Crippen LogP contribution in [0.2, 0.25) is 0 Å². The van der Waals surface area contributed by atoms with Gasteiger partial charge in [0.1, 0.15) is 5.76 Å². The maximum Gasteiger partial charge on any atom is 0.274 e. The minimum atomic E-state index is -0.176. The number of fused-ring (bicyclic) bond motifs is 1. The molecule has 0 aliphatic heterocycles. The van der Waals surface area contributed by atoms with Crippen LogP contribution in [0.5, 0.6) is 0 Å². The number of carbonyl (C=O) groups excluding carboxylic acids is 1. The summed E-state index contributed by atoms with van der Waals surface area (Å²) in [6.45, 7) is 2.62. The molecule has 0 aromatic carbocycles. The van der Waals surface area contributed by atoms with Crippen LogP contribution in [0.4, 0.5) is 0 Å². The van der Waals surface area contributed by atoms with E-state index in [1.807, 2.05) is 13.1 Å². The molecule has 6 heteroatoms. The molecule has 0 bridgehead atoms. The van der Waals surface area contributed by atoms with Crippen LogP contribution in [-0.2, 0) is 26.4 Å². The van der Waals surface area contributed by atoms with Crippen LogP contribution in [0.3, 0.4) is 0 Å². The van der Waals surface area contributed by atoms with E-state index in [0.717, 1.165) is 36.3 Å². The fourth-order valence-corrected chi connectivity index (χ4v) is 2.59. The summed E-state index contributed by atoms with van der Waals surface area (Å²) < 4.78 is 7.03. The summed E-state index contributed by atoms with van der Waals surface area (Å²) in [5, 5.41) is 10.9. The fraction of sp³-hybridized carbons (Fsp3) is 0.500. The first-order chi connectivity index (χ1) is 9.65. The molecule has 0 spiro atoms. The number of carbonyl (C=O) groups is 1. The van der Waals surface area contributed by atoms with Crippen LogP contribution >= 0.6 is 0 Å². The molecule has 1 amide bonds. The van der Waals surface area contributed by atoms with Gasteiger partial charge in [-0.1, -0.05) is 12.1 Å². The van der Waals surface area contributed by atoms with E-state index in [1.54, 1.807) is 10.9 Å². The Balaban J connectivity index is 1.72. The van der Waals surface area contributed by atoms with E-state index >= 15 is 0 Å². The highest BCUT2D eigenvalue weighted by molar-refractivity contribution is 5.93. The molecule has 1 aliphatic carbocycles. The lowest BCUT2D eigenvalue weighted by atomic mass is 9.88. The van der Waals surface area contributed by atoms with Crippen LogP contribution in [0, 0.1) is 5.92 Å². The number of aromatic nitrogens is 3. The van der Waals surface area contributed by atoms with Gasteiger partial charge in [0.2, 0.25) is 0 Å². The molecule has 1 N–H and O–H groups in total. The molecule has 6 nitrogen and oxygen atoms in total. The van der Waals surface area contributed by atoms with E-state index in [0.29, 0.717) is 18.2 Å². The third kappa shape index (κ3) is 2.33. The molecule has 3 rings (SSSR count). The zero-order valence-corrected chi connectivity index (χ0v) is 11.7. The summed E-state index contributed by atoms with van der Waals surface area (Å²) in [5.74, 6) is 1.27. The average molecular weight is 274 g/mol. The Bertz CT molecular complexity index is 629. The second-order valence-electron chi connectivity index (χ2n) is 5.41. The zero-order chi connectivity index (χ0) is 14.1. The number of hydrogen-bond acceptors (Lipinski definition) is 4. The van der Waals surface area contributed by atoms with Crippen molar-refractivity contribution in [3.05, 3.63) is 35.0 Å². The molecule has 0 radical (unpaired) electrons. The van der Waals surface area contributed by atoms with Crippen LogP contribution in [0.1, 0.15) is 40.9 Å². The molecule has 0 saturated carbocycles. The van der Waals surface area contributed by atoms with Crippen molar-refractivity contribution in [3.63, 3.8) is 0 Å². The minimum absolute atomic E-state index is 0.176. The van der Waals surface area contributed by atoms with E-state index in [2.05, 4.69) is 22.5 Å². The number of amides is 1. The molecule has 1 atom stereocenters. The SMILES string of the molecule is CC1CCc2onc(C(=O)NCc3ccnn3C)c2C1. The van der Waals surface area contributed by atoms with Gasteiger partial charge in [0, 0.05) is 25.2 Å². The van der Waals surface area contributed by atoms with E-state index in [-0.39, 0.29) is 5.91 Å². The summed E-state index contributed by atoms with van der Waals surface area (Å²) >= 11 is 0. The Morgan fingerprint density at radius 1 is 1.60 bits per heavy atom. The van der Waals surface area contributed by atoms with Gasteiger partial charge >= 0.3 is 0 Å². The topological polar surface area (TPSA) is 73.0 Å². The van der Waals surface area contributed by atoms with Crippen LogP contribution in [0.25, 0.3) is 0 Å². The second kappa shape index (κ2) is 5.11. The van der Waals surface area contributed by atoms with Crippen LogP contribution in [-0.4, -0.2) is 20.8 Å². The first-order valence-corrected chi connectivity index (χ1v) is 6.87. The van der Waals surface area contributed by atoms with Crippen molar-refractivity contribution in [2.45, 2.75) is 32.7 Å². The molecule has 0 fully saturated rings. The molecule has 2 aromatic heterocycles. The smallest absolute Gasteiger partial charge is 0.274 e. The van der Waals surface area contributed by atoms with Gasteiger partial charge in [0.25, 0.3) is 5.91 Å². The third-order valence-electron chi connectivity index (χ3n) is 3.85. The van der Waals surface area contributed by atoms with Gasteiger partial charge < -0.3 is 9.84 Å². The quantitative estimate of drug-likeness (QED) is 0.919. The largest absolute Gasteiger partial charge is 0.360 e. The van der Waals surface area contributed by atoms with Crippen molar-refractivity contribution in [2.75, 3.05) is 0 Å². The zero-order valence-electron chi connectivity index (χ0n) is 11.7. The van der Waals surface area contributed by atoms with Gasteiger partial charge in [-0.2, -0.15) is 5.10 Å². The Morgan fingerprint density at radius 3 is 3.20 bits per heavy atom. The standard InChI is InChI=1S/C14H18N4O2/c1-9-3-4-12-11(7-9)13(17-20-12)14(19)15-8-10-5-6-16-18(10)2/h5-6,9H,3-4,7-8H2,1-2H3,(H,15,19). The lowest BCUT2D eigenvalue weighted by Gasteiger charge is -2.16. The Morgan fingerprint density at radius 2 is 2.45 bits per heavy atom. The maximum atomic E-state index is 12.2. The molecular formula is C14H18N4O2. The Labute approximate surface area is 117 Å². The highest BCUT2D eigenvalue weighted by Gasteiger charge is 2.26. The molecule has 2 aromatic rings. The molecule has 2 heterocycles. The van der Waals surface area contributed by atoms with Crippen molar-refractivity contribution in [1.29, 1.82) is 0 Å². The summed E-state index contributed by atoms with van der Waals surface area (Å²) in [7, 11) is 1.85. The van der Waals surface area contributed by atoms with Crippen molar-refractivity contribution < 1.29 is 9.32 Å². The van der Waals surface area contributed by atoms with E-state index in [1.165, 1.54) is 0 Å². The van der Waals surface area contributed by atoms with Gasteiger partial charge in [-0.3, -0.25) is 9.48 Å². The lowest BCUT2D eigenvalue weighted by Crippen LogP contribution is -2.26. The number of nitrogens with zero attached hydrogens (tertiary/aromatic N) is 3. The van der Waals surface area contributed by atoms with Gasteiger partial charge in [0.15, 0.2) is 5.69 Å². The minimum Gasteiger partial charge on any atom is -0.360 e. The summed E-state index contributed by atoms with van der Waals surface area (Å²) in [6, 6.07) is 1.88. The number of rotatable bonds is 3.